The van der Waals surface area contributed by atoms with Gasteiger partial charge in [0.05, 0.1) is 35.0 Å². The van der Waals surface area contributed by atoms with E-state index in [1.54, 1.807) is 17.9 Å². The number of piperazine rings is 1. The van der Waals surface area contributed by atoms with Crippen LogP contribution in [0.5, 0.6) is 0 Å². The molecule has 2 aliphatic heterocycles. The maximum atomic E-state index is 15.5. The number of anilines is 3. The van der Waals surface area contributed by atoms with E-state index in [9.17, 15) is 18.4 Å². The topological polar surface area (TPSA) is 103 Å². The third-order valence-electron chi connectivity index (χ3n) is 6.58. The summed E-state index contributed by atoms with van der Waals surface area (Å²) in [6.45, 7) is 4.03. The van der Waals surface area contributed by atoms with E-state index in [-0.39, 0.29) is 17.9 Å². The summed E-state index contributed by atoms with van der Waals surface area (Å²) in [5, 5.41) is 3.08. The maximum absolute atomic E-state index is 15.5. The maximum Gasteiger partial charge on any atom is 0.327 e. The van der Waals surface area contributed by atoms with Crippen LogP contribution in [0.15, 0.2) is 24.5 Å². The van der Waals surface area contributed by atoms with Gasteiger partial charge in [-0.1, -0.05) is 0 Å². The van der Waals surface area contributed by atoms with Crippen LogP contribution >= 0.6 is 0 Å². The first kappa shape index (κ1) is 24.7. The fourth-order valence-electron chi connectivity index (χ4n) is 4.73. The number of carbonyl (C=O) groups excluding carboxylic acids is 2. The largest absolute Gasteiger partial charge is 0.367 e. The predicted molar refractivity (Wildman–Crippen MR) is 130 cm³/mol. The Morgan fingerprint density at radius 2 is 1.86 bits per heavy atom. The van der Waals surface area contributed by atoms with E-state index in [0.717, 1.165) is 0 Å². The molecule has 0 spiro atoms. The lowest BCUT2D eigenvalue weighted by Gasteiger charge is -2.36. The van der Waals surface area contributed by atoms with Gasteiger partial charge in [0.2, 0.25) is 0 Å². The van der Waals surface area contributed by atoms with Crippen molar-refractivity contribution in [2.24, 2.45) is 0 Å². The number of hydrogen-bond donors (Lipinski definition) is 2. The third kappa shape index (κ3) is 4.29. The van der Waals surface area contributed by atoms with Crippen LogP contribution in [0.3, 0.4) is 0 Å². The van der Waals surface area contributed by atoms with Crippen molar-refractivity contribution in [2.45, 2.75) is 13.5 Å². The summed E-state index contributed by atoms with van der Waals surface area (Å²) < 4.78 is 44.8. The molecule has 0 aliphatic carbocycles. The van der Waals surface area contributed by atoms with Crippen LogP contribution in [0.1, 0.15) is 22.8 Å². The first-order valence-corrected chi connectivity index (χ1v) is 11.7. The molecule has 3 aromatic rings. The summed E-state index contributed by atoms with van der Waals surface area (Å²) in [4.78, 5) is 42.3. The molecular formula is C24H24F3N7O3. The molecule has 0 saturated carbocycles. The number of hydroxylamine groups is 1. The summed E-state index contributed by atoms with van der Waals surface area (Å²) in [6.07, 6.45) is 1.35. The van der Waals surface area contributed by atoms with Crippen molar-refractivity contribution < 1.29 is 27.6 Å². The molecule has 2 aliphatic rings. The molecular weight excluding hydrogens is 491 g/mol. The summed E-state index contributed by atoms with van der Waals surface area (Å²) >= 11 is 0. The van der Waals surface area contributed by atoms with E-state index in [2.05, 4.69) is 20.1 Å². The molecule has 2 aromatic carbocycles. The monoisotopic (exact) mass is 515 g/mol. The zero-order valence-corrected chi connectivity index (χ0v) is 20.1. The Morgan fingerprint density at radius 3 is 2.57 bits per heavy atom. The minimum absolute atomic E-state index is 0.0415. The molecule has 0 radical (unpaired) electrons. The Kier molecular flexibility index (Phi) is 6.56. The quantitative estimate of drug-likeness (QED) is 0.487. The molecule has 5 rings (SSSR count). The average molecular weight is 515 g/mol. The number of rotatable bonds is 6. The van der Waals surface area contributed by atoms with Gasteiger partial charge in [-0.25, -0.2) is 33.4 Å². The lowest BCUT2D eigenvalue weighted by molar-refractivity contribution is 0.0532. The summed E-state index contributed by atoms with van der Waals surface area (Å²) in [5.41, 5.74) is 2.48. The second-order valence-corrected chi connectivity index (χ2v) is 8.65. The lowest BCUT2D eigenvalue weighted by atomic mass is 10.1. The zero-order chi connectivity index (χ0) is 26.3. The van der Waals surface area contributed by atoms with Crippen LogP contribution < -0.4 is 20.6 Å². The van der Waals surface area contributed by atoms with Crippen molar-refractivity contribution in [1.82, 2.24) is 20.3 Å². The first-order chi connectivity index (χ1) is 17.8. The highest BCUT2D eigenvalue weighted by atomic mass is 19.2. The summed E-state index contributed by atoms with van der Waals surface area (Å²) in [5.74, 6) is -3.45. The lowest BCUT2D eigenvalue weighted by Crippen LogP contribution is -2.46. The number of halogens is 3. The van der Waals surface area contributed by atoms with Gasteiger partial charge in [-0.3, -0.25) is 19.4 Å². The molecule has 1 saturated heterocycles. The fourth-order valence-corrected chi connectivity index (χ4v) is 4.73. The zero-order valence-electron chi connectivity index (χ0n) is 20.1. The minimum Gasteiger partial charge on any atom is -0.367 e. The van der Waals surface area contributed by atoms with Gasteiger partial charge < -0.3 is 10.2 Å². The molecule has 0 atom stereocenters. The summed E-state index contributed by atoms with van der Waals surface area (Å²) in [7, 11) is 1.19. The number of amides is 3. The molecule has 0 bridgehead atoms. The van der Waals surface area contributed by atoms with Gasteiger partial charge in [0, 0.05) is 44.8 Å². The minimum atomic E-state index is -1.26. The van der Waals surface area contributed by atoms with Crippen molar-refractivity contribution >= 4 is 40.0 Å². The van der Waals surface area contributed by atoms with E-state index < -0.39 is 35.0 Å². The van der Waals surface area contributed by atoms with Crippen molar-refractivity contribution in [2.75, 3.05) is 55.0 Å². The molecule has 194 valence electrons. The van der Waals surface area contributed by atoms with Crippen LogP contribution in [0.2, 0.25) is 0 Å². The second kappa shape index (κ2) is 9.82. The number of nitrogens with one attached hydrogen (secondary N) is 2. The highest BCUT2D eigenvalue weighted by Crippen LogP contribution is 2.38. The van der Waals surface area contributed by atoms with Crippen molar-refractivity contribution in [3.63, 3.8) is 0 Å². The second-order valence-electron chi connectivity index (χ2n) is 8.65. The number of urea groups is 1. The van der Waals surface area contributed by atoms with Crippen molar-refractivity contribution in [1.29, 1.82) is 0 Å². The van der Waals surface area contributed by atoms with Gasteiger partial charge in [-0.15, -0.1) is 0 Å². The molecule has 1 fully saturated rings. The standard InChI is InChI=1S/C24H24F3N7O3/c1-3-34-22-17-15(28-12-29-22)10-13(18(25)21(17)30-24(34)36)11-32-6-8-33(9-7-32)16-5-4-14(19(26)20(16)27)23(35)31-37-2/h4-5,10,12H,3,6-9,11H2,1-2H3,(H,30,36)(H,31,35). The van der Waals surface area contributed by atoms with Gasteiger partial charge in [-0.05, 0) is 25.1 Å². The van der Waals surface area contributed by atoms with Crippen molar-refractivity contribution in [3.8, 4) is 0 Å². The fraction of sp³-hybridized carbons (Fsp3) is 0.333. The highest BCUT2D eigenvalue weighted by molar-refractivity contribution is 6.17. The molecule has 10 nitrogen and oxygen atoms in total. The van der Waals surface area contributed by atoms with E-state index in [4.69, 9.17) is 0 Å². The van der Waals surface area contributed by atoms with E-state index in [0.29, 0.717) is 55.0 Å². The van der Waals surface area contributed by atoms with Crippen LogP contribution in [0.4, 0.5) is 35.2 Å². The van der Waals surface area contributed by atoms with Crippen LogP contribution in [0.25, 0.3) is 10.9 Å². The number of hydrogen-bond acceptors (Lipinski definition) is 7. The number of nitrogens with zero attached hydrogens (tertiary/aromatic N) is 5. The van der Waals surface area contributed by atoms with Crippen LogP contribution in [0, 0.1) is 17.5 Å². The number of aromatic nitrogens is 2. The molecule has 3 amide bonds. The third-order valence-corrected chi connectivity index (χ3v) is 6.58. The predicted octanol–water partition coefficient (Wildman–Crippen LogP) is 3.03. The Morgan fingerprint density at radius 1 is 1.11 bits per heavy atom. The highest BCUT2D eigenvalue weighted by Gasteiger charge is 2.31. The van der Waals surface area contributed by atoms with Crippen LogP contribution in [-0.2, 0) is 11.4 Å². The van der Waals surface area contributed by atoms with Gasteiger partial charge in [-0.2, -0.15) is 0 Å². The smallest absolute Gasteiger partial charge is 0.327 e. The van der Waals surface area contributed by atoms with E-state index in [1.807, 2.05) is 10.4 Å². The molecule has 3 heterocycles. The first-order valence-electron chi connectivity index (χ1n) is 11.7. The summed E-state index contributed by atoms with van der Waals surface area (Å²) in [6, 6.07) is 3.75. The SMILES string of the molecule is CCN1C(=O)Nc2c(F)c(CN3CCN(c4ccc(C(=O)NOC)c(F)c4F)CC3)cc3ncnc1c23. The molecule has 2 N–H and O–H groups in total. The molecule has 13 heteroatoms. The number of carbonyl (C=O) groups is 2. The van der Waals surface area contributed by atoms with Gasteiger partial charge >= 0.3 is 6.03 Å². The Labute approximate surface area is 210 Å². The van der Waals surface area contributed by atoms with E-state index >= 15 is 4.39 Å². The Hall–Kier alpha value is -3.97. The Bertz CT molecular complexity index is 1400. The van der Waals surface area contributed by atoms with E-state index in [1.165, 1.54) is 30.5 Å². The van der Waals surface area contributed by atoms with Crippen LogP contribution in [-0.4, -0.2) is 66.6 Å². The van der Waals surface area contributed by atoms with Crippen molar-refractivity contribution in [3.05, 3.63) is 53.1 Å². The van der Waals surface area contributed by atoms with Gasteiger partial charge in [0.15, 0.2) is 17.5 Å². The normalized spacial score (nSPS) is 15.8. The molecule has 0 unspecified atom stereocenters. The number of benzene rings is 2. The Balaban J connectivity index is 1.33. The van der Waals surface area contributed by atoms with Gasteiger partial charge in [0.25, 0.3) is 5.91 Å². The average Bonchev–Trinajstić information content (AvgIpc) is 2.89. The molecule has 1 aromatic heterocycles. The van der Waals surface area contributed by atoms with Gasteiger partial charge in [0.1, 0.15) is 12.1 Å². The molecule has 37 heavy (non-hydrogen) atoms.